The molecule has 46 heavy (non-hydrogen) atoms. The number of rotatable bonds is 6. The number of aromatic nitrogens is 3. The van der Waals surface area contributed by atoms with Gasteiger partial charge in [-0.25, -0.2) is 15.0 Å². The third-order valence-corrected chi connectivity index (χ3v) is 9.05. The van der Waals surface area contributed by atoms with Gasteiger partial charge in [0, 0.05) is 28.2 Å². The molecule has 6 nitrogen and oxygen atoms in total. The SMILES string of the molecule is c1ccc2oc(-c3ccc(N(c4ccc(-c5ccc6ocnc6c5)cc4)c4ccc(-c5cccc6scnc56)cc4)cc3)nc2c1. The fourth-order valence-electron chi connectivity index (χ4n) is 5.95. The van der Waals surface area contributed by atoms with Gasteiger partial charge >= 0.3 is 0 Å². The van der Waals surface area contributed by atoms with Crippen LogP contribution in [0.3, 0.4) is 0 Å². The van der Waals surface area contributed by atoms with Gasteiger partial charge < -0.3 is 13.7 Å². The number of hydrogen-bond acceptors (Lipinski definition) is 7. The first-order valence-electron chi connectivity index (χ1n) is 14.9. The van der Waals surface area contributed by atoms with Crippen LogP contribution >= 0.6 is 11.3 Å². The van der Waals surface area contributed by atoms with Gasteiger partial charge in [-0.3, -0.25) is 0 Å². The molecule has 0 saturated heterocycles. The molecule has 0 unspecified atom stereocenters. The lowest BCUT2D eigenvalue weighted by Gasteiger charge is -2.26. The van der Waals surface area contributed by atoms with E-state index in [2.05, 4.69) is 123 Å². The van der Waals surface area contributed by atoms with Crippen molar-refractivity contribution in [1.82, 2.24) is 15.0 Å². The Hall–Kier alpha value is -6.05. The Morgan fingerprint density at radius 2 is 1.24 bits per heavy atom. The van der Waals surface area contributed by atoms with Crippen LogP contribution < -0.4 is 4.90 Å². The Morgan fingerprint density at radius 1 is 0.543 bits per heavy atom. The first kappa shape index (κ1) is 26.4. The summed E-state index contributed by atoms with van der Waals surface area (Å²) in [6.07, 6.45) is 1.48. The summed E-state index contributed by atoms with van der Waals surface area (Å²) in [5.41, 5.74) is 14.7. The van der Waals surface area contributed by atoms with Gasteiger partial charge in [-0.1, -0.05) is 54.6 Å². The Balaban J connectivity index is 1.10. The molecule has 0 aliphatic carbocycles. The molecule has 0 spiro atoms. The monoisotopic (exact) mass is 612 g/mol. The van der Waals surface area contributed by atoms with Crippen LogP contribution in [0.25, 0.3) is 66.1 Å². The highest BCUT2D eigenvalue weighted by atomic mass is 32.1. The summed E-state index contributed by atoms with van der Waals surface area (Å²) in [6, 6.07) is 45.9. The molecule has 0 saturated carbocycles. The van der Waals surface area contributed by atoms with Gasteiger partial charge in [0.25, 0.3) is 0 Å². The number of hydrogen-bond donors (Lipinski definition) is 0. The lowest BCUT2D eigenvalue weighted by atomic mass is 10.0. The molecule has 6 aromatic carbocycles. The molecule has 0 aliphatic heterocycles. The first-order chi connectivity index (χ1) is 22.8. The van der Waals surface area contributed by atoms with Crippen molar-refractivity contribution in [1.29, 1.82) is 0 Å². The highest BCUT2D eigenvalue weighted by Gasteiger charge is 2.16. The Labute approximate surface area is 267 Å². The molecule has 0 atom stereocenters. The minimum atomic E-state index is 0.605. The maximum Gasteiger partial charge on any atom is 0.227 e. The van der Waals surface area contributed by atoms with E-state index < -0.39 is 0 Å². The number of anilines is 3. The van der Waals surface area contributed by atoms with Crippen LogP contribution in [0.15, 0.2) is 154 Å². The van der Waals surface area contributed by atoms with Crippen LogP contribution in [0.5, 0.6) is 0 Å². The Morgan fingerprint density at radius 3 is 2.00 bits per heavy atom. The third-order valence-electron chi connectivity index (χ3n) is 8.25. The number of oxazole rings is 2. The van der Waals surface area contributed by atoms with Crippen molar-refractivity contribution >= 4 is 60.8 Å². The number of para-hydroxylation sites is 3. The third kappa shape index (κ3) is 4.62. The molecular formula is C39H24N4O2S. The summed E-state index contributed by atoms with van der Waals surface area (Å²) in [6.45, 7) is 0. The predicted octanol–water partition coefficient (Wildman–Crippen LogP) is 11.0. The highest BCUT2D eigenvalue weighted by Crippen LogP contribution is 2.39. The highest BCUT2D eigenvalue weighted by molar-refractivity contribution is 7.16. The van der Waals surface area contributed by atoms with Gasteiger partial charge in [-0.05, 0) is 95.6 Å². The smallest absolute Gasteiger partial charge is 0.227 e. The lowest BCUT2D eigenvalue weighted by molar-refractivity contribution is 0.602. The van der Waals surface area contributed by atoms with E-state index in [0.717, 1.165) is 72.6 Å². The van der Waals surface area contributed by atoms with Crippen LogP contribution in [0.2, 0.25) is 0 Å². The standard InChI is InChI=1S/C39H24N4O2S/c1-2-6-36-33(5-1)42-39(45-36)27-12-19-31(20-13-27)43(29-15-8-25(9-16-29)28-14-21-35-34(22-28)40-23-44-35)30-17-10-26(11-18-30)32-4-3-7-37-38(32)41-24-46-37/h1-24H. The number of fused-ring (bicyclic) bond motifs is 3. The van der Waals surface area contributed by atoms with E-state index in [-0.39, 0.29) is 0 Å². The molecule has 9 aromatic rings. The second-order valence-electron chi connectivity index (χ2n) is 11.0. The van der Waals surface area contributed by atoms with Crippen LogP contribution in [-0.4, -0.2) is 15.0 Å². The molecule has 218 valence electrons. The second kappa shape index (κ2) is 10.8. The molecule has 0 radical (unpaired) electrons. The van der Waals surface area contributed by atoms with Crippen LogP contribution in [0, 0.1) is 0 Å². The van der Waals surface area contributed by atoms with Gasteiger partial charge in [0.05, 0.1) is 15.7 Å². The molecule has 0 bridgehead atoms. The number of nitrogens with zero attached hydrogens (tertiary/aromatic N) is 4. The molecule has 0 fully saturated rings. The Kier molecular flexibility index (Phi) is 6.21. The molecule has 0 aliphatic rings. The van der Waals surface area contributed by atoms with Gasteiger partial charge in [0.1, 0.15) is 11.0 Å². The summed E-state index contributed by atoms with van der Waals surface area (Å²) >= 11 is 1.66. The fourth-order valence-corrected chi connectivity index (χ4v) is 6.65. The van der Waals surface area contributed by atoms with Crippen molar-refractivity contribution in [2.24, 2.45) is 0 Å². The van der Waals surface area contributed by atoms with E-state index in [4.69, 9.17) is 8.83 Å². The zero-order valence-corrected chi connectivity index (χ0v) is 25.2. The van der Waals surface area contributed by atoms with Crippen molar-refractivity contribution in [2.45, 2.75) is 0 Å². The molecule has 9 rings (SSSR count). The van der Waals surface area contributed by atoms with E-state index in [1.165, 1.54) is 11.1 Å². The van der Waals surface area contributed by atoms with Crippen molar-refractivity contribution in [3.63, 3.8) is 0 Å². The van der Waals surface area contributed by atoms with E-state index in [0.29, 0.717) is 5.89 Å². The van der Waals surface area contributed by atoms with Gasteiger partial charge in [-0.2, -0.15) is 0 Å². The second-order valence-corrected chi connectivity index (χ2v) is 11.9. The minimum Gasteiger partial charge on any atom is -0.443 e. The maximum absolute atomic E-state index is 6.04. The van der Waals surface area contributed by atoms with E-state index in [1.54, 1.807) is 11.3 Å². The fraction of sp³-hybridized carbons (Fsp3) is 0. The van der Waals surface area contributed by atoms with Gasteiger partial charge in [-0.15, -0.1) is 11.3 Å². The van der Waals surface area contributed by atoms with Crippen LogP contribution in [0.4, 0.5) is 17.1 Å². The summed E-state index contributed by atoms with van der Waals surface area (Å²) < 4.78 is 12.7. The molecular weight excluding hydrogens is 589 g/mol. The number of thiazole rings is 1. The summed E-state index contributed by atoms with van der Waals surface area (Å²) in [5, 5.41) is 0. The predicted molar refractivity (Wildman–Crippen MR) is 186 cm³/mol. The van der Waals surface area contributed by atoms with E-state index in [9.17, 15) is 0 Å². The van der Waals surface area contributed by atoms with Crippen LogP contribution in [0.1, 0.15) is 0 Å². The van der Waals surface area contributed by atoms with Crippen molar-refractivity contribution in [2.75, 3.05) is 4.90 Å². The van der Waals surface area contributed by atoms with Gasteiger partial charge in [0.15, 0.2) is 17.6 Å². The summed E-state index contributed by atoms with van der Waals surface area (Å²) in [7, 11) is 0. The van der Waals surface area contributed by atoms with Gasteiger partial charge in [0.2, 0.25) is 5.89 Å². The molecule has 3 heterocycles. The zero-order valence-electron chi connectivity index (χ0n) is 24.4. The summed E-state index contributed by atoms with van der Waals surface area (Å²) in [5.74, 6) is 0.605. The molecule has 0 N–H and O–H groups in total. The van der Waals surface area contributed by atoms with Crippen LogP contribution in [-0.2, 0) is 0 Å². The first-order valence-corrected chi connectivity index (χ1v) is 15.8. The van der Waals surface area contributed by atoms with E-state index in [1.807, 2.05) is 35.8 Å². The average molecular weight is 613 g/mol. The normalized spacial score (nSPS) is 11.5. The molecule has 0 amide bonds. The van der Waals surface area contributed by atoms with Crippen molar-refractivity contribution in [3.8, 4) is 33.7 Å². The quantitative estimate of drug-likeness (QED) is 0.186. The summed E-state index contributed by atoms with van der Waals surface area (Å²) in [4.78, 5) is 15.9. The number of benzene rings is 6. The van der Waals surface area contributed by atoms with Crippen molar-refractivity contribution < 1.29 is 8.83 Å². The average Bonchev–Trinajstić information content (AvgIpc) is 3.89. The molecule has 7 heteroatoms. The Bertz CT molecular complexity index is 2400. The zero-order chi connectivity index (χ0) is 30.5. The largest absolute Gasteiger partial charge is 0.443 e. The lowest BCUT2D eigenvalue weighted by Crippen LogP contribution is -2.09. The maximum atomic E-state index is 6.04. The minimum absolute atomic E-state index is 0.605. The van der Waals surface area contributed by atoms with E-state index >= 15 is 0 Å². The van der Waals surface area contributed by atoms with Crippen molar-refractivity contribution in [3.05, 3.63) is 145 Å². The topological polar surface area (TPSA) is 68.2 Å². The molecule has 3 aromatic heterocycles.